The summed E-state index contributed by atoms with van der Waals surface area (Å²) in [4.78, 5) is 3.85. The first-order valence-corrected chi connectivity index (χ1v) is 4.78. The van der Waals surface area contributed by atoms with Crippen LogP contribution in [0.25, 0.3) is 0 Å². The lowest BCUT2D eigenvalue weighted by Crippen LogP contribution is -1.93. The lowest BCUT2D eigenvalue weighted by atomic mass is 10.3. The third-order valence-electron chi connectivity index (χ3n) is 1.85. The molecule has 3 nitrogen and oxygen atoms in total. The molecule has 2 aromatic rings. The summed E-state index contributed by atoms with van der Waals surface area (Å²) in [6.45, 7) is 0. The van der Waals surface area contributed by atoms with Crippen LogP contribution >= 0.6 is 11.6 Å². The molecule has 15 heavy (non-hydrogen) atoms. The summed E-state index contributed by atoms with van der Waals surface area (Å²) in [6.07, 6.45) is 1.56. The second-order valence-corrected chi connectivity index (χ2v) is 3.30. The number of halogens is 1. The summed E-state index contributed by atoms with van der Waals surface area (Å²) < 4.78 is 5.54. The number of para-hydroxylation sites is 1. The normalized spacial score (nSPS) is 9.93. The van der Waals surface area contributed by atoms with Crippen molar-refractivity contribution >= 4 is 17.4 Å². The highest BCUT2D eigenvalue weighted by atomic mass is 35.5. The van der Waals surface area contributed by atoms with Gasteiger partial charge in [-0.2, -0.15) is 0 Å². The van der Waals surface area contributed by atoms with Crippen LogP contribution < -0.4 is 10.5 Å². The quantitative estimate of drug-likeness (QED) is 0.846. The number of nitrogen functional groups attached to an aromatic ring is 1. The molecule has 0 amide bonds. The van der Waals surface area contributed by atoms with Crippen LogP contribution in [0.4, 0.5) is 5.82 Å². The number of pyridine rings is 1. The smallest absolute Gasteiger partial charge is 0.151 e. The van der Waals surface area contributed by atoms with Crippen LogP contribution in [-0.2, 0) is 0 Å². The van der Waals surface area contributed by atoms with Gasteiger partial charge < -0.3 is 10.5 Å². The van der Waals surface area contributed by atoms with E-state index < -0.39 is 0 Å². The van der Waals surface area contributed by atoms with Crippen LogP contribution in [0.1, 0.15) is 0 Å². The molecule has 0 saturated carbocycles. The summed E-state index contributed by atoms with van der Waals surface area (Å²) in [5, 5.41) is 0.335. The van der Waals surface area contributed by atoms with Crippen LogP contribution in [0, 0.1) is 0 Å². The maximum atomic E-state index is 5.93. The maximum absolute atomic E-state index is 5.93. The Labute approximate surface area is 92.5 Å². The van der Waals surface area contributed by atoms with E-state index in [1.807, 2.05) is 30.3 Å². The molecule has 76 valence electrons. The third-order valence-corrected chi connectivity index (χ3v) is 2.23. The van der Waals surface area contributed by atoms with Gasteiger partial charge in [0.1, 0.15) is 16.6 Å². The Balaban J connectivity index is 2.29. The van der Waals surface area contributed by atoms with E-state index in [-0.39, 0.29) is 5.82 Å². The van der Waals surface area contributed by atoms with E-state index in [0.29, 0.717) is 16.5 Å². The molecular weight excluding hydrogens is 212 g/mol. The largest absolute Gasteiger partial charge is 0.456 e. The van der Waals surface area contributed by atoms with Crippen molar-refractivity contribution in [3.63, 3.8) is 0 Å². The summed E-state index contributed by atoms with van der Waals surface area (Å²) >= 11 is 5.93. The SMILES string of the molecule is Nc1nccc(Oc2ccccc2)c1Cl. The number of nitrogens with two attached hydrogens (primary N) is 1. The Bertz CT molecular complexity index is 459. The van der Waals surface area contributed by atoms with Gasteiger partial charge in [-0.25, -0.2) is 4.98 Å². The Hall–Kier alpha value is -1.74. The molecule has 0 aliphatic rings. The summed E-state index contributed by atoms with van der Waals surface area (Å²) in [7, 11) is 0. The summed E-state index contributed by atoms with van der Waals surface area (Å²) in [5.41, 5.74) is 5.55. The van der Waals surface area contributed by atoms with Crippen LogP contribution in [0.3, 0.4) is 0 Å². The van der Waals surface area contributed by atoms with Crippen molar-refractivity contribution in [3.8, 4) is 11.5 Å². The van der Waals surface area contributed by atoms with Gasteiger partial charge in [0.15, 0.2) is 5.75 Å². The monoisotopic (exact) mass is 220 g/mol. The first kappa shape index (κ1) is 9.80. The van der Waals surface area contributed by atoms with E-state index in [4.69, 9.17) is 22.1 Å². The molecule has 1 aromatic heterocycles. The zero-order valence-electron chi connectivity index (χ0n) is 7.85. The van der Waals surface area contributed by atoms with Crippen molar-refractivity contribution < 1.29 is 4.74 Å². The van der Waals surface area contributed by atoms with Crippen molar-refractivity contribution in [2.75, 3.05) is 5.73 Å². The molecule has 0 saturated heterocycles. The Morgan fingerprint density at radius 1 is 1.13 bits per heavy atom. The number of benzene rings is 1. The zero-order chi connectivity index (χ0) is 10.7. The predicted molar refractivity (Wildman–Crippen MR) is 60.2 cm³/mol. The lowest BCUT2D eigenvalue weighted by molar-refractivity contribution is 0.482. The van der Waals surface area contributed by atoms with Gasteiger partial charge in [0.25, 0.3) is 0 Å². The first-order valence-electron chi connectivity index (χ1n) is 4.40. The van der Waals surface area contributed by atoms with E-state index in [0.717, 1.165) is 0 Å². The number of ether oxygens (including phenoxy) is 1. The number of hydrogen-bond donors (Lipinski definition) is 1. The standard InChI is InChI=1S/C11H9ClN2O/c12-10-9(6-7-14-11(10)13)15-8-4-2-1-3-5-8/h1-7H,(H2,13,14). The number of aromatic nitrogens is 1. The van der Waals surface area contributed by atoms with Gasteiger partial charge in [0.2, 0.25) is 0 Å². The van der Waals surface area contributed by atoms with Crippen molar-refractivity contribution in [2.45, 2.75) is 0 Å². The van der Waals surface area contributed by atoms with E-state index in [1.165, 1.54) is 0 Å². The molecule has 0 aliphatic heterocycles. The van der Waals surface area contributed by atoms with E-state index >= 15 is 0 Å². The van der Waals surface area contributed by atoms with E-state index in [9.17, 15) is 0 Å². The molecule has 2 N–H and O–H groups in total. The maximum Gasteiger partial charge on any atom is 0.151 e. The van der Waals surface area contributed by atoms with Crippen LogP contribution in [0.15, 0.2) is 42.6 Å². The predicted octanol–water partition coefficient (Wildman–Crippen LogP) is 3.11. The third kappa shape index (κ3) is 2.19. The Kier molecular flexibility index (Phi) is 2.74. The molecule has 0 spiro atoms. The molecular formula is C11H9ClN2O. The fraction of sp³-hybridized carbons (Fsp3) is 0. The average molecular weight is 221 g/mol. The van der Waals surface area contributed by atoms with Crippen molar-refractivity contribution in [3.05, 3.63) is 47.6 Å². The molecule has 0 atom stereocenters. The fourth-order valence-corrected chi connectivity index (χ4v) is 1.29. The molecule has 1 heterocycles. The average Bonchev–Trinajstić information content (AvgIpc) is 2.26. The minimum atomic E-state index is 0.269. The van der Waals surface area contributed by atoms with Crippen molar-refractivity contribution in [1.82, 2.24) is 4.98 Å². The molecule has 1 aromatic carbocycles. The minimum absolute atomic E-state index is 0.269. The van der Waals surface area contributed by atoms with Crippen LogP contribution in [0.2, 0.25) is 5.02 Å². The van der Waals surface area contributed by atoms with E-state index in [2.05, 4.69) is 4.98 Å². The molecule has 4 heteroatoms. The fourth-order valence-electron chi connectivity index (χ4n) is 1.14. The first-order chi connectivity index (χ1) is 7.27. The second kappa shape index (κ2) is 4.19. The lowest BCUT2D eigenvalue weighted by Gasteiger charge is -2.07. The molecule has 0 unspecified atom stereocenters. The van der Waals surface area contributed by atoms with Crippen LogP contribution in [0.5, 0.6) is 11.5 Å². The van der Waals surface area contributed by atoms with Crippen molar-refractivity contribution in [2.24, 2.45) is 0 Å². The minimum Gasteiger partial charge on any atom is -0.456 e. The highest BCUT2D eigenvalue weighted by Crippen LogP contribution is 2.31. The molecule has 0 radical (unpaired) electrons. The molecule has 0 aliphatic carbocycles. The second-order valence-electron chi connectivity index (χ2n) is 2.92. The van der Waals surface area contributed by atoms with Gasteiger partial charge >= 0.3 is 0 Å². The van der Waals surface area contributed by atoms with Gasteiger partial charge in [0.05, 0.1) is 0 Å². The zero-order valence-corrected chi connectivity index (χ0v) is 8.61. The topological polar surface area (TPSA) is 48.1 Å². The number of anilines is 1. The number of rotatable bonds is 2. The number of hydrogen-bond acceptors (Lipinski definition) is 3. The Morgan fingerprint density at radius 3 is 2.60 bits per heavy atom. The van der Waals surface area contributed by atoms with Crippen LogP contribution in [-0.4, -0.2) is 4.98 Å². The summed E-state index contributed by atoms with van der Waals surface area (Å²) in [6, 6.07) is 11.0. The van der Waals surface area contributed by atoms with Gasteiger partial charge in [0, 0.05) is 12.3 Å². The van der Waals surface area contributed by atoms with Gasteiger partial charge in [-0.1, -0.05) is 29.8 Å². The highest BCUT2D eigenvalue weighted by Gasteiger charge is 2.06. The van der Waals surface area contributed by atoms with Gasteiger partial charge in [-0.3, -0.25) is 0 Å². The van der Waals surface area contributed by atoms with Crippen molar-refractivity contribution in [1.29, 1.82) is 0 Å². The molecule has 0 bridgehead atoms. The van der Waals surface area contributed by atoms with Gasteiger partial charge in [-0.05, 0) is 12.1 Å². The number of nitrogens with zero attached hydrogens (tertiary/aromatic N) is 1. The van der Waals surface area contributed by atoms with E-state index in [1.54, 1.807) is 12.3 Å². The highest BCUT2D eigenvalue weighted by molar-refractivity contribution is 6.34. The molecule has 0 fully saturated rings. The Morgan fingerprint density at radius 2 is 1.87 bits per heavy atom. The summed E-state index contributed by atoms with van der Waals surface area (Å²) in [5.74, 6) is 1.49. The molecule has 2 rings (SSSR count). The van der Waals surface area contributed by atoms with Gasteiger partial charge in [-0.15, -0.1) is 0 Å².